The van der Waals surface area contributed by atoms with E-state index in [0.717, 1.165) is 18.9 Å². The minimum Gasteiger partial charge on any atom is -0.361 e. The molecule has 0 spiro atoms. The smallest absolute Gasteiger partial charge is 0.223 e. The lowest BCUT2D eigenvalue weighted by Gasteiger charge is -2.38. The third kappa shape index (κ3) is 3.09. The van der Waals surface area contributed by atoms with E-state index in [4.69, 9.17) is 0 Å². The Hall–Kier alpha value is -1.77. The molecule has 1 aromatic carbocycles. The van der Waals surface area contributed by atoms with Crippen LogP contribution >= 0.6 is 0 Å². The minimum atomic E-state index is 0.374. The second-order valence-electron chi connectivity index (χ2n) is 7.55. The summed E-state index contributed by atoms with van der Waals surface area (Å²) in [4.78, 5) is 18.5. The lowest BCUT2D eigenvalue weighted by atomic mass is 9.81. The minimum absolute atomic E-state index is 0.374. The molecule has 2 aromatic rings. The average Bonchev–Trinajstić information content (AvgIpc) is 2.91. The van der Waals surface area contributed by atoms with Gasteiger partial charge in [0, 0.05) is 36.1 Å². The van der Waals surface area contributed by atoms with E-state index in [1.165, 1.54) is 61.4 Å². The standard InChI is InChI=1S/C21H28N2O/c24-21(13-12-17-15-22-19-10-3-2-9-18(17)19)23-14-6-5-8-16-7-1-4-11-20(16)23/h2-3,9-10,15-16,20,22H,1,4-8,11-14H2. The van der Waals surface area contributed by atoms with Gasteiger partial charge in [0.2, 0.25) is 5.91 Å². The van der Waals surface area contributed by atoms with Crippen molar-refractivity contribution in [2.75, 3.05) is 6.54 Å². The van der Waals surface area contributed by atoms with Crippen molar-refractivity contribution in [3.63, 3.8) is 0 Å². The van der Waals surface area contributed by atoms with Crippen LogP contribution in [0.15, 0.2) is 30.5 Å². The molecule has 128 valence electrons. The molecule has 2 heterocycles. The highest BCUT2D eigenvalue weighted by Gasteiger charge is 2.33. The Morgan fingerprint density at radius 2 is 1.88 bits per heavy atom. The van der Waals surface area contributed by atoms with Gasteiger partial charge in [-0.25, -0.2) is 0 Å². The molecule has 1 N–H and O–H groups in total. The van der Waals surface area contributed by atoms with E-state index in [1.54, 1.807) is 0 Å². The number of aromatic amines is 1. The van der Waals surface area contributed by atoms with Crippen LogP contribution in [0.1, 0.15) is 56.9 Å². The molecule has 2 aliphatic rings. The van der Waals surface area contributed by atoms with E-state index < -0.39 is 0 Å². The lowest BCUT2D eigenvalue weighted by Crippen LogP contribution is -2.45. The summed E-state index contributed by atoms with van der Waals surface area (Å²) in [5, 5.41) is 1.26. The maximum atomic E-state index is 13.0. The number of nitrogens with zero attached hydrogens (tertiary/aromatic N) is 1. The first-order valence-electron chi connectivity index (χ1n) is 9.67. The summed E-state index contributed by atoms with van der Waals surface area (Å²) in [6, 6.07) is 8.89. The Morgan fingerprint density at radius 1 is 1.08 bits per heavy atom. The van der Waals surface area contributed by atoms with Gasteiger partial charge in [0.05, 0.1) is 0 Å². The number of carbonyl (C=O) groups excluding carboxylic acids is 1. The number of para-hydroxylation sites is 1. The summed E-state index contributed by atoms with van der Waals surface area (Å²) in [5.41, 5.74) is 2.44. The number of nitrogens with one attached hydrogen (secondary N) is 1. The van der Waals surface area contributed by atoms with Gasteiger partial charge in [-0.3, -0.25) is 4.79 Å². The number of likely N-dealkylation sites (tertiary alicyclic amines) is 1. The third-order valence-corrected chi connectivity index (χ3v) is 6.10. The molecule has 3 heteroatoms. The maximum Gasteiger partial charge on any atom is 0.223 e. The van der Waals surface area contributed by atoms with Crippen LogP contribution in [0.25, 0.3) is 10.9 Å². The molecule has 0 bridgehead atoms. The van der Waals surface area contributed by atoms with Crippen molar-refractivity contribution in [2.45, 2.75) is 63.8 Å². The SMILES string of the molecule is O=C(CCc1c[nH]c2ccccc12)N1CCCCC2CCCCC21. The van der Waals surface area contributed by atoms with Crippen LogP contribution in [-0.4, -0.2) is 28.4 Å². The van der Waals surface area contributed by atoms with E-state index in [0.29, 0.717) is 18.4 Å². The topological polar surface area (TPSA) is 36.1 Å². The number of carbonyl (C=O) groups is 1. The molecule has 2 atom stereocenters. The number of rotatable bonds is 3. The zero-order valence-corrected chi connectivity index (χ0v) is 14.5. The number of hydrogen-bond donors (Lipinski definition) is 1. The Morgan fingerprint density at radius 3 is 2.79 bits per heavy atom. The molecule has 1 aromatic heterocycles. The molecule has 2 fully saturated rings. The number of fused-ring (bicyclic) bond motifs is 2. The van der Waals surface area contributed by atoms with E-state index in [1.807, 2.05) is 6.07 Å². The highest BCUT2D eigenvalue weighted by atomic mass is 16.2. The molecule has 0 radical (unpaired) electrons. The summed E-state index contributed by atoms with van der Waals surface area (Å²) in [5.74, 6) is 1.14. The highest BCUT2D eigenvalue weighted by molar-refractivity contribution is 5.84. The second kappa shape index (κ2) is 7.00. The largest absolute Gasteiger partial charge is 0.361 e. The van der Waals surface area contributed by atoms with Crippen LogP contribution in [0.3, 0.4) is 0 Å². The van der Waals surface area contributed by atoms with Crippen molar-refractivity contribution in [1.29, 1.82) is 0 Å². The quantitative estimate of drug-likeness (QED) is 0.875. The molecule has 1 saturated carbocycles. The molecule has 1 aliphatic heterocycles. The molecule has 2 unspecified atom stereocenters. The van der Waals surface area contributed by atoms with Crippen molar-refractivity contribution in [2.24, 2.45) is 5.92 Å². The zero-order chi connectivity index (χ0) is 16.4. The van der Waals surface area contributed by atoms with Crippen molar-refractivity contribution < 1.29 is 4.79 Å². The van der Waals surface area contributed by atoms with E-state index >= 15 is 0 Å². The van der Waals surface area contributed by atoms with Gasteiger partial charge >= 0.3 is 0 Å². The summed E-state index contributed by atoms with van der Waals surface area (Å²) < 4.78 is 0. The number of aromatic nitrogens is 1. The van der Waals surface area contributed by atoms with Crippen LogP contribution in [-0.2, 0) is 11.2 Å². The fourth-order valence-corrected chi connectivity index (χ4v) is 4.82. The normalized spacial score (nSPS) is 24.6. The number of hydrogen-bond acceptors (Lipinski definition) is 1. The van der Waals surface area contributed by atoms with Crippen molar-refractivity contribution >= 4 is 16.8 Å². The Bertz CT molecular complexity index is 705. The van der Waals surface area contributed by atoms with E-state index in [9.17, 15) is 4.79 Å². The molecule has 1 saturated heterocycles. The summed E-state index contributed by atoms with van der Waals surface area (Å²) >= 11 is 0. The summed E-state index contributed by atoms with van der Waals surface area (Å²) in [6.45, 7) is 0.980. The Balaban J connectivity index is 1.44. The van der Waals surface area contributed by atoms with Gasteiger partial charge in [-0.2, -0.15) is 0 Å². The number of H-pyrrole nitrogens is 1. The molecule has 1 amide bonds. The molecule has 3 nitrogen and oxygen atoms in total. The third-order valence-electron chi connectivity index (χ3n) is 6.10. The van der Waals surface area contributed by atoms with Gasteiger partial charge in [-0.05, 0) is 49.7 Å². The van der Waals surface area contributed by atoms with E-state index in [-0.39, 0.29) is 0 Å². The van der Waals surface area contributed by atoms with Crippen molar-refractivity contribution in [3.05, 3.63) is 36.0 Å². The molecular formula is C21H28N2O. The van der Waals surface area contributed by atoms with Crippen molar-refractivity contribution in [3.8, 4) is 0 Å². The van der Waals surface area contributed by atoms with Crippen LogP contribution in [0, 0.1) is 5.92 Å². The van der Waals surface area contributed by atoms with Crippen LogP contribution in [0.2, 0.25) is 0 Å². The van der Waals surface area contributed by atoms with Crippen LogP contribution < -0.4 is 0 Å². The molecule has 24 heavy (non-hydrogen) atoms. The first-order valence-corrected chi connectivity index (χ1v) is 9.67. The summed E-state index contributed by atoms with van der Waals surface area (Å²) in [6.07, 6.45) is 12.6. The monoisotopic (exact) mass is 324 g/mol. The van der Waals surface area contributed by atoms with Crippen LogP contribution in [0.4, 0.5) is 0 Å². The zero-order valence-electron chi connectivity index (χ0n) is 14.5. The molecular weight excluding hydrogens is 296 g/mol. The predicted octanol–water partition coefficient (Wildman–Crippen LogP) is 4.67. The molecule has 4 rings (SSSR count). The highest BCUT2D eigenvalue weighted by Crippen LogP contribution is 2.35. The van der Waals surface area contributed by atoms with E-state index in [2.05, 4.69) is 34.3 Å². The fourth-order valence-electron chi connectivity index (χ4n) is 4.82. The van der Waals surface area contributed by atoms with Crippen molar-refractivity contribution in [1.82, 2.24) is 9.88 Å². The van der Waals surface area contributed by atoms with Gasteiger partial charge in [-0.1, -0.05) is 37.5 Å². The number of aryl methyl sites for hydroxylation is 1. The molecule has 1 aliphatic carbocycles. The Kier molecular flexibility index (Phi) is 4.59. The first-order chi connectivity index (χ1) is 11.8. The lowest BCUT2D eigenvalue weighted by molar-refractivity contribution is -0.135. The van der Waals surface area contributed by atoms with Gasteiger partial charge in [0.15, 0.2) is 0 Å². The van der Waals surface area contributed by atoms with Crippen LogP contribution in [0.5, 0.6) is 0 Å². The average molecular weight is 324 g/mol. The van der Waals surface area contributed by atoms with Gasteiger partial charge < -0.3 is 9.88 Å². The second-order valence-corrected chi connectivity index (χ2v) is 7.55. The van der Waals surface area contributed by atoms with Gasteiger partial charge in [0.25, 0.3) is 0 Å². The summed E-state index contributed by atoms with van der Waals surface area (Å²) in [7, 11) is 0. The predicted molar refractivity (Wildman–Crippen MR) is 97.9 cm³/mol. The van der Waals surface area contributed by atoms with Gasteiger partial charge in [-0.15, -0.1) is 0 Å². The maximum absolute atomic E-state index is 13.0. The van der Waals surface area contributed by atoms with Gasteiger partial charge in [0.1, 0.15) is 0 Å². The number of benzene rings is 1. The number of amides is 1. The fraction of sp³-hybridized carbons (Fsp3) is 0.571. The first kappa shape index (κ1) is 15.7. The Labute approximate surface area is 144 Å².